The molecule has 3 atom stereocenters. The fourth-order valence-electron chi connectivity index (χ4n) is 4.95. The molecule has 1 unspecified atom stereocenters. The van der Waals surface area contributed by atoms with Gasteiger partial charge in [0.05, 0.1) is 29.2 Å². The van der Waals surface area contributed by atoms with Crippen molar-refractivity contribution in [2.75, 3.05) is 26.3 Å². The van der Waals surface area contributed by atoms with Crippen molar-refractivity contribution in [1.82, 2.24) is 4.90 Å². The van der Waals surface area contributed by atoms with Crippen molar-refractivity contribution in [3.63, 3.8) is 0 Å². The molecule has 0 spiro atoms. The molecule has 2 amide bonds. The van der Waals surface area contributed by atoms with E-state index in [1.807, 2.05) is 19.1 Å². The lowest BCUT2D eigenvalue weighted by Crippen LogP contribution is -2.43. The molecule has 1 saturated heterocycles. The second kappa shape index (κ2) is 9.35. The number of fused-ring (bicyclic) bond motifs is 1. The molecule has 1 aromatic rings. The molecule has 0 saturated carbocycles. The van der Waals surface area contributed by atoms with Gasteiger partial charge in [0.2, 0.25) is 0 Å². The fourth-order valence-corrected chi connectivity index (χ4v) is 5.65. The Hall–Kier alpha value is -2.20. The van der Waals surface area contributed by atoms with E-state index >= 15 is 0 Å². The number of dihydropyridines is 1. The Morgan fingerprint density at radius 3 is 2.78 bits per heavy atom. The van der Waals surface area contributed by atoms with Gasteiger partial charge in [0, 0.05) is 42.8 Å². The van der Waals surface area contributed by atoms with Crippen LogP contribution in [0, 0.1) is 23.2 Å². The molecule has 3 aliphatic heterocycles. The summed E-state index contributed by atoms with van der Waals surface area (Å²) in [5.41, 5.74) is 3.43. The number of nitrogens with zero attached hydrogens (tertiary/aromatic N) is 3. The summed E-state index contributed by atoms with van der Waals surface area (Å²) in [7, 11) is 0. The Kier molecular flexibility index (Phi) is 6.71. The van der Waals surface area contributed by atoms with Crippen molar-refractivity contribution >= 4 is 40.7 Å². The predicted octanol–water partition coefficient (Wildman–Crippen LogP) is 4.59. The maximum absolute atomic E-state index is 13.5. The lowest BCUT2D eigenvalue weighted by molar-refractivity contribution is -0.120. The zero-order valence-corrected chi connectivity index (χ0v) is 19.7. The summed E-state index contributed by atoms with van der Waals surface area (Å²) in [6.07, 6.45) is 3.55. The van der Waals surface area contributed by atoms with Crippen molar-refractivity contribution in [2.24, 2.45) is 16.8 Å². The molecule has 0 bridgehead atoms. The third-order valence-electron chi connectivity index (χ3n) is 6.70. The van der Waals surface area contributed by atoms with E-state index < -0.39 is 5.92 Å². The van der Waals surface area contributed by atoms with E-state index in [4.69, 9.17) is 27.9 Å². The van der Waals surface area contributed by atoms with Gasteiger partial charge in [0.15, 0.2) is 0 Å². The monoisotopic (exact) mass is 473 g/mol. The SMILES string of the molecule is CC1=CC(C)=NC(=O)C1CN1CCc2c(Cl)cc([C@@H](CC#N)[C@@H]3CCOC3)c(Cl)c2C1=O. The van der Waals surface area contributed by atoms with Crippen LogP contribution in [-0.4, -0.2) is 48.7 Å². The van der Waals surface area contributed by atoms with Gasteiger partial charge in [-0.15, -0.1) is 0 Å². The highest BCUT2D eigenvalue weighted by Crippen LogP contribution is 2.43. The quantitative estimate of drug-likeness (QED) is 0.625. The minimum absolute atomic E-state index is 0.150. The van der Waals surface area contributed by atoms with Crippen LogP contribution in [0.2, 0.25) is 10.0 Å². The Bertz CT molecular complexity index is 1070. The highest BCUT2D eigenvalue weighted by molar-refractivity contribution is 6.37. The Morgan fingerprint density at radius 2 is 2.12 bits per heavy atom. The van der Waals surface area contributed by atoms with Gasteiger partial charge >= 0.3 is 0 Å². The highest BCUT2D eigenvalue weighted by Gasteiger charge is 2.36. The Morgan fingerprint density at radius 1 is 1.34 bits per heavy atom. The van der Waals surface area contributed by atoms with E-state index in [9.17, 15) is 14.9 Å². The summed E-state index contributed by atoms with van der Waals surface area (Å²) in [5, 5.41) is 10.3. The molecule has 32 heavy (non-hydrogen) atoms. The fraction of sp³-hybridized carbons (Fsp3) is 0.500. The number of halogens is 2. The summed E-state index contributed by atoms with van der Waals surface area (Å²) in [6.45, 7) is 5.61. The number of rotatable bonds is 5. The van der Waals surface area contributed by atoms with E-state index in [0.717, 1.165) is 23.1 Å². The number of hydrogen-bond donors (Lipinski definition) is 0. The van der Waals surface area contributed by atoms with Crippen LogP contribution in [-0.2, 0) is 16.0 Å². The molecule has 0 N–H and O–H groups in total. The predicted molar refractivity (Wildman–Crippen MR) is 123 cm³/mol. The lowest BCUT2D eigenvalue weighted by atomic mass is 9.81. The van der Waals surface area contributed by atoms with Gasteiger partial charge in [-0.3, -0.25) is 9.59 Å². The molecule has 1 fully saturated rings. The summed E-state index contributed by atoms with van der Waals surface area (Å²) < 4.78 is 5.53. The van der Waals surface area contributed by atoms with Crippen molar-refractivity contribution in [2.45, 2.75) is 39.0 Å². The first-order valence-corrected chi connectivity index (χ1v) is 11.6. The zero-order valence-electron chi connectivity index (χ0n) is 18.2. The van der Waals surface area contributed by atoms with E-state index in [-0.39, 0.29) is 36.6 Å². The summed E-state index contributed by atoms with van der Waals surface area (Å²) in [4.78, 5) is 31.7. The van der Waals surface area contributed by atoms with Crippen LogP contribution in [0.25, 0.3) is 0 Å². The van der Waals surface area contributed by atoms with Crippen molar-refractivity contribution in [1.29, 1.82) is 5.26 Å². The highest BCUT2D eigenvalue weighted by atomic mass is 35.5. The molecule has 3 heterocycles. The summed E-state index contributed by atoms with van der Waals surface area (Å²) >= 11 is 13.4. The molecule has 6 nitrogen and oxygen atoms in total. The number of hydrogen-bond acceptors (Lipinski definition) is 4. The maximum Gasteiger partial charge on any atom is 0.255 e. The number of amides is 2. The van der Waals surface area contributed by atoms with Crippen molar-refractivity contribution < 1.29 is 14.3 Å². The van der Waals surface area contributed by atoms with E-state index in [1.54, 1.807) is 11.8 Å². The van der Waals surface area contributed by atoms with Crippen LogP contribution < -0.4 is 0 Å². The summed E-state index contributed by atoms with van der Waals surface area (Å²) in [5.74, 6) is -0.906. The van der Waals surface area contributed by atoms with Gasteiger partial charge in [0.1, 0.15) is 0 Å². The molecule has 168 valence electrons. The Balaban J connectivity index is 1.67. The molecule has 0 radical (unpaired) electrons. The van der Waals surface area contributed by atoms with Crippen LogP contribution >= 0.6 is 23.2 Å². The number of nitriles is 1. The van der Waals surface area contributed by atoms with Gasteiger partial charge in [-0.2, -0.15) is 5.26 Å². The van der Waals surface area contributed by atoms with E-state index in [1.165, 1.54) is 0 Å². The second-order valence-electron chi connectivity index (χ2n) is 8.74. The summed E-state index contributed by atoms with van der Waals surface area (Å²) in [6, 6.07) is 4.07. The third-order valence-corrected chi connectivity index (χ3v) is 7.44. The number of aliphatic imine (C=N–C) groups is 1. The molecule has 4 rings (SSSR count). The molecule has 3 aliphatic rings. The number of benzene rings is 1. The van der Waals surface area contributed by atoms with Gasteiger partial charge in [-0.25, -0.2) is 4.99 Å². The lowest BCUT2D eigenvalue weighted by Gasteiger charge is -2.34. The largest absolute Gasteiger partial charge is 0.381 e. The first-order valence-electron chi connectivity index (χ1n) is 10.8. The van der Waals surface area contributed by atoms with Gasteiger partial charge < -0.3 is 9.64 Å². The molecule has 0 aliphatic carbocycles. The maximum atomic E-state index is 13.5. The molecular formula is C24H25Cl2N3O3. The standard InChI is InChI=1S/C24H25Cl2N3O3/c1-13-9-14(2)28-23(30)19(13)11-29-7-4-17-20(25)10-18(22(26)21(17)24(29)31)16(3-6-27)15-5-8-32-12-15/h9-10,15-16,19H,3-5,7-8,11-12H2,1-2H3/t15-,16+,19?/m1/s1. The molecule has 0 aromatic heterocycles. The van der Waals surface area contributed by atoms with Crippen LogP contribution in [0.4, 0.5) is 0 Å². The van der Waals surface area contributed by atoms with E-state index in [0.29, 0.717) is 47.5 Å². The smallest absolute Gasteiger partial charge is 0.255 e. The van der Waals surface area contributed by atoms with Gasteiger partial charge in [-0.1, -0.05) is 28.8 Å². The molecule has 1 aromatic carbocycles. The number of ether oxygens (including phenoxy) is 1. The minimum Gasteiger partial charge on any atom is -0.381 e. The first kappa shape index (κ1) is 23.0. The minimum atomic E-state index is -0.455. The van der Waals surface area contributed by atoms with Crippen LogP contribution in [0.15, 0.2) is 22.7 Å². The third kappa shape index (κ3) is 4.22. The van der Waals surface area contributed by atoms with Gasteiger partial charge in [0.25, 0.3) is 11.8 Å². The number of carbonyl (C=O) groups is 2. The van der Waals surface area contributed by atoms with Crippen LogP contribution in [0.1, 0.15) is 54.1 Å². The average Bonchev–Trinajstić information content (AvgIpc) is 3.27. The normalized spacial score (nSPS) is 24.0. The van der Waals surface area contributed by atoms with Crippen LogP contribution in [0.3, 0.4) is 0 Å². The number of allylic oxidation sites excluding steroid dienone is 1. The Labute approximate surface area is 197 Å². The first-order chi connectivity index (χ1) is 15.3. The van der Waals surface area contributed by atoms with Gasteiger partial charge in [-0.05, 0) is 55.9 Å². The van der Waals surface area contributed by atoms with Crippen molar-refractivity contribution in [3.8, 4) is 6.07 Å². The number of carbonyl (C=O) groups excluding carboxylic acids is 2. The average molecular weight is 474 g/mol. The van der Waals surface area contributed by atoms with Crippen LogP contribution in [0.5, 0.6) is 0 Å². The topological polar surface area (TPSA) is 82.8 Å². The zero-order chi connectivity index (χ0) is 23.0. The van der Waals surface area contributed by atoms with Crippen molar-refractivity contribution in [3.05, 3.63) is 44.5 Å². The molecule has 8 heteroatoms. The molecular weight excluding hydrogens is 449 g/mol. The second-order valence-corrected chi connectivity index (χ2v) is 9.53. The van der Waals surface area contributed by atoms with E-state index in [2.05, 4.69) is 11.1 Å².